The predicted octanol–water partition coefficient (Wildman–Crippen LogP) is -0.0289. The first-order chi connectivity index (χ1) is 7.63. The summed E-state index contributed by atoms with van der Waals surface area (Å²) in [4.78, 5) is 15.5. The van der Waals surface area contributed by atoms with E-state index in [4.69, 9.17) is 9.84 Å². The van der Waals surface area contributed by atoms with E-state index in [-0.39, 0.29) is 5.92 Å². The monoisotopic (exact) mass is 230 g/mol. The van der Waals surface area contributed by atoms with Crippen molar-refractivity contribution in [3.8, 4) is 0 Å². The van der Waals surface area contributed by atoms with E-state index in [0.717, 1.165) is 26.2 Å². The number of piperazine rings is 1. The third-order valence-corrected chi connectivity index (χ3v) is 3.09. The molecule has 0 aromatic heterocycles. The van der Waals surface area contributed by atoms with Gasteiger partial charge in [-0.25, -0.2) is 0 Å². The molecule has 1 fully saturated rings. The second-order valence-electron chi connectivity index (χ2n) is 4.42. The van der Waals surface area contributed by atoms with Crippen LogP contribution in [0.1, 0.15) is 6.42 Å². The Morgan fingerprint density at radius 2 is 2.00 bits per heavy atom. The molecule has 1 N–H and O–H groups in total. The Balaban J connectivity index is 2.33. The highest BCUT2D eigenvalue weighted by atomic mass is 16.5. The molecule has 0 spiro atoms. The van der Waals surface area contributed by atoms with E-state index in [0.29, 0.717) is 19.6 Å². The maximum atomic E-state index is 11.1. The Kier molecular flexibility index (Phi) is 5.73. The molecule has 1 heterocycles. The lowest BCUT2D eigenvalue weighted by Crippen LogP contribution is -2.47. The molecular formula is C11H22N2O3. The van der Waals surface area contributed by atoms with Crippen molar-refractivity contribution < 1.29 is 14.6 Å². The van der Waals surface area contributed by atoms with Crippen LogP contribution in [0.4, 0.5) is 0 Å². The van der Waals surface area contributed by atoms with Crippen molar-refractivity contribution in [1.82, 2.24) is 9.80 Å². The molecule has 0 aromatic carbocycles. The average molecular weight is 230 g/mol. The smallest absolute Gasteiger partial charge is 0.307 e. The minimum absolute atomic E-state index is 0.302. The molecule has 1 rings (SSSR count). The fourth-order valence-corrected chi connectivity index (χ4v) is 1.90. The topological polar surface area (TPSA) is 53.0 Å². The summed E-state index contributed by atoms with van der Waals surface area (Å²) in [5.41, 5.74) is 0. The van der Waals surface area contributed by atoms with Crippen LogP contribution in [0.25, 0.3) is 0 Å². The average Bonchev–Trinajstić information content (AvgIpc) is 2.26. The van der Waals surface area contributed by atoms with Crippen LogP contribution in [0.15, 0.2) is 0 Å². The lowest BCUT2D eigenvalue weighted by molar-refractivity contribution is -0.143. The molecule has 1 unspecified atom stereocenters. The van der Waals surface area contributed by atoms with E-state index < -0.39 is 5.97 Å². The van der Waals surface area contributed by atoms with Crippen LogP contribution in [0, 0.1) is 5.92 Å². The molecule has 5 heteroatoms. The first-order valence-corrected chi connectivity index (χ1v) is 5.76. The Hall–Kier alpha value is -0.650. The summed E-state index contributed by atoms with van der Waals surface area (Å²) in [6.45, 7) is 5.14. The number of hydrogen-bond donors (Lipinski definition) is 1. The zero-order chi connectivity index (χ0) is 12.0. The highest BCUT2D eigenvalue weighted by Gasteiger charge is 2.22. The van der Waals surface area contributed by atoms with Gasteiger partial charge in [0, 0.05) is 46.4 Å². The van der Waals surface area contributed by atoms with Crippen molar-refractivity contribution in [2.75, 3.05) is 53.5 Å². The second-order valence-corrected chi connectivity index (χ2v) is 4.42. The van der Waals surface area contributed by atoms with Crippen LogP contribution in [-0.4, -0.2) is 74.4 Å². The van der Waals surface area contributed by atoms with Gasteiger partial charge in [0.2, 0.25) is 0 Å². The lowest BCUT2D eigenvalue weighted by Gasteiger charge is -2.33. The van der Waals surface area contributed by atoms with Crippen molar-refractivity contribution >= 4 is 5.97 Å². The summed E-state index contributed by atoms with van der Waals surface area (Å²) in [5, 5.41) is 9.09. The summed E-state index contributed by atoms with van der Waals surface area (Å²) < 4.78 is 4.94. The van der Waals surface area contributed by atoms with Gasteiger partial charge < -0.3 is 14.7 Å². The van der Waals surface area contributed by atoms with Crippen LogP contribution < -0.4 is 0 Å². The van der Waals surface area contributed by atoms with E-state index in [2.05, 4.69) is 16.8 Å². The Morgan fingerprint density at radius 1 is 1.38 bits per heavy atom. The highest BCUT2D eigenvalue weighted by Crippen LogP contribution is 2.09. The van der Waals surface area contributed by atoms with Crippen LogP contribution in [0.5, 0.6) is 0 Å². The number of ether oxygens (including phenoxy) is 1. The molecule has 0 aromatic rings. The largest absolute Gasteiger partial charge is 0.481 e. The van der Waals surface area contributed by atoms with Crippen LogP contribution >= 0.6 is 0 Å². The van der Waals surface area contributed by atoms with E-state index in [1.165, 1.54) is 0 Å². The molecule has 0 aliphatic carbocycles. The van der Waals surface area contributed by atoms with E-state index in [1.807, 2.05) is 0 Å². The van der Waals surface area contributed by atoms with Gasteiger partial charge in [-0.2, -0.15) is 0 Å². The van der Waals surface area contributed by atoms with Gasteiger partial charge in [-0.1, -0.05) is 0 Å². The Morgan fingerprint density at radius 3 is 2.50 bits per heavy atom. The number of rotatable bonds is 6. The number of likely N-dealkylation sites (N-methyl/N-ethyl adjacent to an activating group) is 1. The Bertz CT molecular complexity index is 215. The van der Waals surface area contributed by atoms with Crippen LogP contribution in [0.3, 0.4) is 0 Å². The number of hydrogen-bond acceptors (Lipinski definition) is 4. The number of carboxylic acid groups (broad SMARTS) is 1. The van der Waals surface area contributed by atoms with Crippen molar-refractivity contribution in [3.63, 3.8) is 0 Å². The molecule has 1 aliphatic rings. The van der Waals surface area contributed by atoms with E-state index >= 15 is 0 Å². The van der Waals surface area contributed by atoms with Crippen molar-refractivity contribution in [1.29, 1.82) is 0 Å². The molecule has 5 nitrogen and oxygen atoms in total. The summed E-state index contributed by atoms with van der Waals surface area (Å²) in [5.74, 6) is -1.01. The summed E-state index contributed by atoms with van der Waals surface area (Å²) >= 11 is 0. The fraction of sp³-hybridized carbons (Fsp3) is 0.909. The minimum Gasteiger partial charge on any atom is -0.481 e. The molecule has 94 valence electrons. The third-order valence-electron chi connectivity index (χ3n) is 3.09. The quantitative estimate of drug-likeness (QED) is 0.694. The molecule has 1 saturated heterocycles. The standard InChI is InChI=1S/C11H22N2O3/c1-12-4-6-13(7-5-12)9-10(11(14)15)3-8-16-2/h10H,3-9H2,1-2H3,(H,14,15). The molecule has 0 saturated carbocycles. The maximum absolute atomic E-state index is 11.1. The molecule has 0 radical (unpaired) electrons. The van der Waals surface area contributed by atoms with Gasteiger partial charge in [-0.15, -0.1) is 0 Å². The molecule has 0 bridgehead atoms. The van der Waals surface area contributed by atoms with E-state index in [1.54, 1.807) is 7.11 Å². The van der Waals surface area contributed by atoms with Crippen molar-refractivity contribution in [3.05, 3.63) is 0 Å². The zero-order valence-corrected chi connectivity index (χ0v) is 10.2. The van der Waals surface area contributed by atoms with E-state index in [9.17, 15) is 4.79 Å². The number of carbonyl (C=O) groups is 1. The highest BCUT2D eigenvalue weighted by molar-refractivity contribution is 5.70. The zero-order valence-electron chi connectivity index (χ0n) is 10.2. The summed E-state index contributed by atoms with van der Waals surface area (Å²) in [6, 6.07) is 0. The predicted molar refractivity (Wildman–Crippen MR) is 61.6 cm³/mol. The molecular weight excluding hydrogens is 208 g/mol. The fourth-order valence-electron chi connectivity index (χ4n) is 1.90. The van der Waals surface area contributed by atoms with Gasteiger partial charge in [0.15, 0.2) is 0 Å². The van der Waals surface area contributed by atoms with Gasteiger partial charge in [0.1, 0.15) is 0 Å². The van der Waals surface area contributed by atoms with Crippen LogP contribution in [0.2, 0.25) is 0 Å². The molecule has 1 atom stereocenters. The number of methoxy groups -OCH3 is 1. The van der Waals surface area contributed by atoms with Gasteiger partial charge in [0.25, 0.3) is 0 Å². The molecule has 16 heavy (non-hydrogen) atoms. The summed E-state index contributed by atoms with van der Waals surface area (Å²) in [6.07, 6.45) is 0.595. The van der Waals surface area contributed by atoms with Crippen molar-refractivity contribution in [2.24, 2.45) is 5.92 Å². The van der Waals surface area contributed by atoms with Gasteiger partial charge in [0.05, 0.1) is 5.92 Å². The number of carboxylic acids is 1. The minimum atomic E-state index is -0.712. The number of aliphatic carboxylic acids is 1. The SMILES string of the molecule is COCCC(CN1CCN(C)CC1)C(=O)O. The maximum Gasteiger partial charge on any atom is 0.307 e. The van der Waals surface area contributed by atoms with Gasteiger partial charge >= 0.3 is 5.97 Å². The number of nitrogens with zero attached hydrogens (tertiary/aromatic N) is 2. The normalized spacial score (nSPS) is 20.9. The molecule has 0 amide bonds. The van der Waals surface area contributed by atoms with Crippen molar-refractivity contribution in [2.45, 2.75) is 6.42 Å². The summed E-state index contributed by atoms with van der Waals surface area (Å²) in [7, 11) is 3.70. The van der Waals surface area contributed by atoms with Gasteiger partial charge in [-0.3, -0.25) is 9.69 Å². The first kappa shape index (κ1) is 13.4. The van der Waals surface area contributed by atoms with Crippen LogP contribution in [-0.2, 0) is 9.53 Å². The van der Waals surface area contributed by atoms with Gasteiger partial charge in [-0.05, 0) is 13.5 Å². The molecule has 1 aliphatic heterocycles. The Labute approximate surface area is 97.0 Å². The first-order valence-electron chi connectivity index (χ1n) is 5.76. The third kappa shape index (κ3) is 4.47. The lowest BCUT2D eigenvalue weighted by atomic mass is 10.1. The second kappa shape index (κ2) is 6.83.